The summed E-state index contributed by atoms with van der Waals surface area (Å²) in [5.74, 6) is 0.253. The molecular formula is C13H18F3N3. The smallest absolute Gasteiger partial charge is 0.384 e. The molecule has 0 saturated heterocycles. The zero-order chi connectivity index (χ0) is 14.0. The van der Waals surface area contributed by atoms with Crippen molar-refractivity contribution in [3.63, 3.8) is 0 Å². The molecule has 1 fully saturated rings. The van der Waals surface area contributed by atoms with Crippen LogP contribution in [0.25, 0.3) is 0 Å². The van der Waals surface area contributed by atoms with E-state index >= 15 is 0 Å². The molecule has 19 heavy (non-hydrogen) atoms. The van der Waals surface area contributed by atoms with E-state index in [1.807, 2.05) is 11.8 Å². The van der Waals surface area contributed by atoms with Gasteiger partial charge in [-0.2, -0.15) is 13.2 Å². The zero-order valence-electron chi connectivity index (χ0n) is 10.9. The molecule has 2 rings (SSSR count). The third-order valence-electron chi connectivity index (χ3n) is 3.56. The second-order valence-electron chi connectivity index (χ2n) is 4.86. The van der Waals surface area contributed by atoms with E-state index in [0.29, 0.717) is 12.4 Å². The van der Waals surface area contributed by atoms with E-state index in [1.165, 1.54) is 0 Å². The molecule has 3 nitrogen and oxygen atoms in total. The van der Waals surface area contributed by atoms with Gasteiger partial charge in [0, 0.05) is 12.6 Å². The van der Waals surface area contributed by atoms with Gasteiger partial charge in [0.05, 0.1) is 5.56 Å². The molecular weight excluding hydrogens is 255 g/mol. The molecule has 0 amide bonds. The Morgan fingerprint density at radius 3 is 2.47 bits per heavy atom. The van der Waals surface area contributed by atoms with Gasteiger partial charge >= 0.3 is 6.18 Å². The Morgan fingerprint density at radius 1 is 1.32 bits per heavy atom. The maximum Gasteiger partial charge on any atom is 0.416 e. The molecule has 2 N–H and O–H groups in total. The molecule has 0 unspecified atom stereocenters. The number of pyridine rings is 1. The Bertz CT molecular complexity index is 439. The third-order valence-corrected chi connectivity index (χ3v) is 3.56. The minimum Gasteiger partial charge on any atom is -0.384 e. The summed E-state index contributed by atoms with van der Waals surface area (Å²) in [4.78, 5) is 6.00. The van der Waals surface area contributed by atoms with Crippen LogP contribution in [-0.4, -0.2) is 17.6 Å². The van der Waals surface area contributed by atoms with E-state index < -0.39 is 11.7 Å². The number of nitrogen functional groups attached to an aromatic ring is 1. The minimum absolute atomic E-state index is 0.0822. The van der Waals surface area contributed by atoms with Crippen LogP contribution in [0.5, 0.6) is 0 Å². The largest absolute Gasteiger partial charge is 0.416 e. The minimum atomic E-state index is -4.39. The topological polar surface area (TPSA) is 42.1 Å². The van der Waals surface area contributed by atoms with Crippen LogP contribution in [0.15, 0.2) is 12.1 Å². The maximum atomic E-state index is 12.8. The lowest BCUT2D eigenvalue weighted by Crippen LogP contribution is -2.34. The Morgan fingerprint density at radius 2 is 1.95 bits per heavy atom. The molecule has 1 saturated carbocycles. The van der Waals surface area contributed by atoms with Crippen molar-refractivity contribution in [3.8, 4) is 0 Å². The fourth-order valence-electron chi connectivity index (χ4n) is 2.67. The van der Waals surface area contributed by atoms with Gasteiger partial charge < -0.3 is 10.6 Å². The predicted molar refractivity (Wildman–Crippen MR) is 68.9 cm³/mol. The Labute approximate surface area is 110 Å². The van der Waals surface area contributed by atoms with E-state index in [9.17, 15) is 13.2 Å². The highest BCUT2D eigenvalue weighted by atomic mass is 19.4. The Balaban J connectivity index is 2.34. The first-order valence-electron chi connectivity index (χ1n) is 6.53. The summed E-state index contributed by atoms with van der Waals surface area (Å²) < 4.78 is 38.4. The van der Waals surface area contributed by atoms with Gasteiger partial charge in [0.1, 0.15) is 11.6 Å². The number of hydrogen-bond donors (Lipinski definition) is 1. The van der Waals surface area contributed by atoms with Gasteiger partial charge in [-0.1, -0.05) is 12.8 Å². The molecule has 0 spiro atoms. The van der Waals surface area contributed by atoms with Gasteiger partial charge in [0.25, 0.3) is 0 Å². The first kappa shape index (κ1) is 14.0. The highest BCUT2D eigenvalue weighted by molar-refractivity contribution is 5.50. The number of alkyl halides is 3. The molecule has 1 aliphatic carbocycles. The van der Waals surface area contributed by atoms with Crippen LogP contribution in [0.3, 0.4) is 0 Å². The van der Waals surface area contributed by atoms with Crippen molar-refractivity contribution in [2.75, 3.05) is 17.2 Å². The molecule has 1 aliphatic rings. The molecule has 0 bridgehead atoms. The second kappa shape index (κ2) is 5.27. The molecule has 0 atom stereocenters. The number of nitrogens with zero attached hydrogens (tertiary/aromatic N) is 2. The lowest BCUT2D eigenvalue weighted by atomic mass is 10.2. The maximum absolute atomic E-state index is 12.8. The van der Waals surface area contributed by atoms with E-state index in [0.717, 1.165) is 37.8 Å². The van der Waals surface area contributed by atoms with Gasteiger partial charge in [-0.25, -0.2) is 4.98 Å². The summed E-state index contributed by atoms with van der Waals surface area (Å²) in [5.41, 5.74) is 4.78. The van der Waals surface area contributed by atoms with Crippen LogP contribution in [-0.2, 0) is 6.18 Å². The summed E-state index contributed by atoms with van der Waals surface area (Å²) in [5, 5.41) is 0. The average molecular weight is 273 g/mol. The van der Waals surface area contributed by atoms with E-state index in [-0.39, 0.29) is 11.9 Å². The molecule has 1 aromatic heterocycles. The van der Waals surface area contributed by atoms with Crippen molar-refractivity contribution in [1.29, 1.82) is 0 Å². The first-order valence-corrected chi connectivity index (χ1v) is 6.53. The summed E-state index contributed by atoms with van der Waals surface area (Å²) in [6.07, 6.45) is -0.135. The van der Waals surface area contributed by atoms with E-state index in [1.54, 1.807) is 0 Å². The van der Waals surface area contributed by atoms with Gasteiger partial charge in [-0.3, -0.25) is 0 Å². The second-order valence-corrected chi connectivity index (χ2v) is 4.86. The van der Waals surface area contributed by atoms with Crippen LogP contribution in [0.1, 0.15) is 38.2 Å². The quantitative estimate of drug-likeness (QED) is 0.917. The van der Waals surface area contributed by atoms with Gasteiger partial charge in [0.2, 0.25) is 0 Å². The summed E-state index contributed by atoms with van der Waals surface area (Å²) in [7, 11) is 0. The van der Waals surface area contributed by atoms with Crippen molar-refractivity contribution < 1.29 is 13.2 Å². The molecule has 6 heteroatoms. The first-order chi connectivity index (χ1) is 8.91. The fraction of sp³-hybridized carbons (Fsp3) is 0.615. The van der Waals surface area contributed by atoms with Crippen LogP contribution in [0.2, 0.25) is 0 Å². The highest BCUT2D eigenvalue weighted by Gasteiger charge is 2.32. The van der Waals surface area contributed by atoms with Gasteiger partial charge in [0.15, 0.2) is 0 Å². The summed E-state index contributed by atoms with van der Waals surface area (Å²) in [6, 6.07) is 2.25. The molecule has 106 valence electrons. The molecule has 1 aromatic rings. The van der Waals surface area contributed by atoms with Gasteiger partial charge in [-0.15, -0.1) is 0 Å². The van der Waals surface area contributed by atoms with Crippen molar-refractivity contribution in [1.82, 2.24) is 4.98 Å². The van der Waals surface area contributed by atoms with Crippen molar-refractivity contribution in [3.05, 3.63) is 17.7 Å². The van der Waals surface area contributed by atoms with E-state index in [2.05, 4.69) is 4.98 Å². The third kappa shape index (κ3) is 3.11. The number of rotatable bonds is 3. The molecule has 0 aliphatic heterocycles. The van der Waals surface area contributed by atoms with Crippen LogP contribution < -0.4 is 10.6 Å². The van der Waals surface area contributed by atoms with Gasteiger partial charge in [-0.05, 0) is 31.9 Å². The predicted octanol–water partition coefficient (Wildman–Crippen LogP) is 3.45. The Kier molecular flexibility index (Phi) is 3.87. The fourth-order valence-corrected chi connectivity index (χ4v) is 2.67. The lowest BCUT2D eigenvalue weighted by Gasteiger charge is -2.29. The number of halogens is 3. The summed E-state index contributed by atoms with van der Waals surface area (Å²) in [6.45, 7) is 2.56. The molecule has 0 aromatic carbocycles. The number of hydrogen-bond acceptors (Lipinski definition) is 3. The van der Waals surface area contributed by atoms with E-state index in [4.69, 9.17) is 5.73 Å². The van der Waals surface area contributed by atoms with Crippen LogP contribution >= 0.6 is 0 Å². The standard InChI is InChI=1S/C13H18F3N3/c1-2-19(10-5-3-4-6-10)12-8-9(13(14,15)16)7-11(17)18-12/h7-8,10H,2-6H2,1H3,(H2,17,18). The number of nitrogens with two attached hydrogens (primary N) is 1. The Hall–Kier alpha value is -1.46. The number of anilines is 2. The molecule has 1 heterocycles. The van der Waals surface area contributed by atoms with Crippen LogP contribution in [0.4, 0.5) is 24.8 Å². The zero-order valence-corrected chi connectivity index (χ0v) is 10.9. The monoisotopic (exact) mass is 273 g/mol. The summed E-state index contributed by atoms with van der Waals surface area (Å²) >= 11 is 0. The lowest BCUT2D eigenvalue weighted by molar-refractivity contribution is -0.137. The SMILES string of the molecule is CCN(c1cc(C(F)(F)F)cc(N)n1)C1CCCC1. The highest BCUT2D eigenvalue weighted by Crippen LogP contribution is 2.34. The average Bonchev–Trinajstić information content (AvgIpc) is 2.82. The number of aromatic nitrogens is 1. The normalized spacial score (nSPS) is 16.8. The van der Waals surface area contributed by atoms with Crippen molar-refractivity contribution in [2.45, 2.75) is 44.8 Å². The molecule has 0 radical (unpaired) electrons. The van der Waals surface area contributed by atoms with Crippen molar-refractivity contribution in [2.24, 2.45) is 0 Å². The van der Waals surface area contributed by atoms with Crippen LogP contribution in [0, 0.1) is 0 Å². The van der Waals surface area contributed by atoms with Crippen molar-refractivity contribution >= 4 is 11.6 Å².